The normalized spacial score (nSPS) is 9.82. The van der Waals surface area contributed by atoms with Gasteiger partial charge in [0.2, 0.25) is 0 Å². The molecular formula is C19H18O3. The number of hydrogen-bond acceptors (Lipinski definition) is 2. The van der Waals surface area contributed by atoms with Crippen molar-refractivity contribution in [2.45, 2.75) is 19.4 Å². The van der Waals surface area contributed by atoms with Crippen molar-refractivity contribution in [3.8, 4) is 11.8 Å². The standard InChI is InChI=1S/C19H18O3/c20-19(21)12-11-17-8-4-9-18(14-17)15-22-13-5-10-16-6-2-1-3-7-16/h1-4,6-9,14H,11-13,15H2,(H,20,21). The largest absolute Gasteiger partial charge is 0.481 e. The summed E-state index contributed by atoms with van der Waals surface area (Å²) in [6, 6.07) is 17.6. The van der Waals surface area contributed by atoms with Gasteiger partial charge in [-0.3, -0.25) is 4.79 Å². The first-order valence-corrected chi connectivity index (χ1v) is 7.15. The van der Waals surface area contributed by atoms with Crippen molar-refractivity contribution < 1.29 is 14.6 Å². The molecule has 2 aromatic rings. The molecule has 0 aromatic heterocycles. The molecule has 0 spiro atoms. The van der Waals surface area contributed by atoms with Gasteiger partial charge in [-0.25, -0.2) is 0 Å². The molecule has 1 N–H and O–H groups in total. The van der Waals surface area contributed by atoms with Crippen LogP contribution in [-0.2, 0) is 22.6 Å². The molecule has 0 aliphatic heterocycles. The summed E-state index contributed by atoms with van der Waals surface area (Å²) in [6.45, 7) is 0.846. The van der Waals surface area contributed by atoms with E-state index in [2.05, 4.69) is 11.8 Å². The maximum Gasteiger partial charge on any atom is 0.303 e. The third-order valence-electron chi connectivity index (χ3n) is 3.07. The number of aliphatic carboxylic acids is 1. The predicted octanol–water partition coefficient (Wildman–Crippen LogP) is 3.27. The molecule has 0 atom stereocenters. The summed E-state index contributed by atoms with van der Waals surface area (Å²) >= 11 is 0. The highest BCUT2D eigenvalue weighted by molar-refractivity contribution is 5.67. The van der Waals surface area contributed by atoms with E-state index in [1.807, 2.05) is 54.6 Å². The fraction of sp³-hybridized carbons (Fsp3) is 0.211. The molecule has 0 heterocycles. The molecule has 0 bridgehead atoms. The summed E-state index contributed by atoms with van der Waals surface area (Å²) in [5.41, 5.74) is 3.02. The van der Waals surface area contributed by atoms with Gasteiger partial charge in [0.05, 0.1) is 6.61 Å². The minimum absolute atomic E-state index is 0.146. The van der Waals surface area contributed by atoms with Crippen LogP contribution in [0, 0.1) is 11.8 Å². The van der Waals surface area contributed by atoms with Crippen molar-refractivity contribution in [2.24, 2.45) is 0 Å². The Kier molecular flexibility index (Phi) is 6.22. The Balaban J connectivity index is 1.78. The monoisotopic (exact) mass is 294 g/mol. The minimum atomic E-state index is -0.780. The van der Waals surface area contributed by atoms with Gasteiger partial charge in [0, 0.05) is 12.0 Å². The number of rotatable bonds is 6. The van der Waals surface area contributed by atoms with Gasteiger partial charge in [0.25, 0.3) is 0 Å². The fourth-order valence-electron chi connectivity index (χ4n) is 2.01. The van der Waals surface area contributed by atoms with Gasteiger partial charge in [-0.1, -0.05) is 54.3 Å². The van der Waals surface area contributed by atoms with E-state index >= 15 is 0 Å². The number of carboxylic acid groups (broad SMARTS) is 1. The highest BCUT2D eigenvalue weighted by Gasteiger charge is 2.00. The van der Waals surface area contributed by atoms with Crippen molar-refractivity contribution >= 4 is 5.97 Å². The number of hydrogen-bond donors (Lipinski definition) is 1. The van der Waals surface area contributed by atoms with Gasteiger partial charge in [-0.15, -0.1) is 0 Å². The molecular weight excluding hydrogens is 276 g/mol. The SMILES string of the molecule is O=C(O)CCc1cccc(COCC#Cc2ccccc2)c1. The summed E-state index contributed by atoms with van der Waals surface area (Å²) in [5, 5.41) is 8.70. The fourth-order valence-corrected chi connectivity index (χ4v) is 2.01. The summed E-state index contributed by atoms with van der Waals surface area (Å²) in [6.07, 6.45) is 0.684. The van der Waals surface area contributed by atoms with E-state index in [0.717, 1.165) is 16.7 Å². The molecule has 0 saturated heterocycles. The van der Waals surface area contributed by atoms with Crippen LogP contribution in [0.5, 0.6) is 0 Å². The zero-order valence-corrected chi connectivity index (χ0v) is 12.3. The van der Waals surface area contributed by atoms with Crippen LogP contribution in [0.4, 0.5) is 0 Å². The van der Waals surface area contributed by atoms with Crippen molar-refractivity contribution in [1.82, 2.24) is 0 Å². The Morgan fingerprint density at radius 3 is 2.59 bits per heavy atom. The Morgan fingerprint density at radius 1 is 1.05 bits per heavy atom. The number of aryl methyl sites for hydroxylation is 1. The van der Waals surface area contributed by atoms with E-state index in [1.165, 1.54) is 0 Å². The second-order valence-electron chi connectivity index (χ2n) is 4.87. The van der Waals surface area contributed by atoms with Gasteiger partial charge in [-0.05, 0) is 29.7 Å². The first-order valence-electron chi connectivity index (χ1n) is 7.15. The number of ether oxygens (including phenoxy) is 1. The summed E-state index contributed by atoms with van der Waals surface area (Å²) in [7, 11) is 0. The highest BCUT2D eigenvalue weighted by Crippen LogP contribution is 2.09. The van der Waals surface area contributed by atoms with E-state index in [4.69, 9.17) is 9.84 Å². The third-order valence-corrected chi connectivity index (χ3v) is 3.07. The summed E-state index contributed by atoms with van der Waals surface area (Å²) in [5.74, 6) is 5.23. The Morgan fingerprint density at radius 2 is 1.82 bits per heavy atom. The number of benzene rings is 2. The van der Waals surface area contributed by atoms with Crippen LogP contribution in [-0.4, -0.2) is 17.7 Å². The second kappa shape index (κ2) is 8.66. The van der Waals surface area contributed by atoms with Crippen molar-refractivity contribution in [2.75, 3.05) is 6.61 Å². The molecule has 3 heteroatoms. The molecule has 22 heavy (non-hydrogen) atoms. The van der Waals surface area contributed by atoms with Gasteiger partial charge >= 0.3 is 5.97 Å². The lowest BCUT2D eigenvalue weighted by Crippen LogP contribution is -1.99. The third kappa shape index (κ3) is 5.82. The van der Waals surface area contributed by atoms with E-state index in [0.29, 0.717) is 19.6 Å². The molecule has 112 valence electrons. The predicted molar refractivity (Wildman–Crippen MR) is 85.4 cm³/mol. The van der Waals surface area contributed by atoms with Crippen LogP contribution in [0.3, 0.4) is 0 Å². The lowest BCUT2D eigenvalue weighted by Gasteiger charge is -2.04. The maximum atomic E-state index is 10.6. The molecule has 0 saturated carbocycles. The topological polar surface area (TPSA) is 46.5 Å². The lowest BCUT2D eigenvalue weighted by atomic mass is 10.1. The van der Waals surface area contributed by atoms with Crippen molar-refractivity contribution in [3.05, 3.63) is 71.3 Å². The van der Waals surface area contributed by atoms with Gasteiger partial charge in [-0.2, -0.15) is 0 Å². The van der Waals surface area contributed by atoms with Gasteiger partial charge < -0.3 is 9.84 Å². The molecule has 2 rings (SSSR count). The van der Waals surface area contributed by atoms with Gasteiger partial charge in [0.15, 0.2) is 0 Å². The van der Waals surface area contributed by atoms with Crippen LogP contribution in [0.15, 0.2) is 54.6 Å². The van der Waals surface area contributed by atoms with Crippen LogP contribution >= 0.6 is 0 Å². The summed E-state index contributed by atoms with van der Waals surface area (Å²) < 4.78 is 5.53. The van der Waals surface area contributed by atoms with E-state index in [-0.39, 0.29) is 6.42 Å². The van der Waals surface area contributed by atoms with Crippen LogP contribution in [0.25, 0.3) is 0 Å². The lowest BCUT2D eigenvalue weighted by molar-refractivity contribution is -0.136. The summed E-state index contributed by atoms with van der Waals surface area (Å²) in [4.78, 5) is 10.6. The Labute approximate surface area is 130 Å². The van der Waals surface area contributed by atoms with Crippen molar-refractivity contribution in [3.63, 3.8) is 0 Å². The average Bonchev–Trinajstić information content (AvgIpc) is 2.54. The van der Waals surface area contributed by atoms with Crippen LogP contribution < -0.4 is 0 Å². The Hall–Kier alpha value is -2.57. The molecule has 0 unspecified atom stereocenters. The first-order chi connectivity index (χ1) is 10.7. The average molecular weight is 294 g/mol. The van der Waals surface area contributed by atoms with Crippen LogP contribution in [0.1, 0.15) is 23.1 Å². The maximum absolute atomic E-state index is 10.6. The zero-order chi connectivity index (χ0) is 15.6. The second-order valence-corrected chi connectivity index (χ2v) is 4.87. The molecule has 0 fully saturated rings. The zero-order valence-electron chi connectivity index (χ0n) is 12.3. The minimum Gasteiger partial charge on any atom is -0.481 e. The smallest absolute Gasteiger partial charge is 0.303 e. The molecule has 0 radical (unpaired) electrons. The quantitative estimate of drug-likeness (QED) is 0.657. The molecule has 3 nitrogen and oxygen atoms in total. The molecule has 2 aromatic carbocycles. The van der Waals surface area contributed by atoms with E-state index in [9.17, 15) is 4.79 Å². The Bertz CT molecular complexity index is 666. The molecule has 0 aliphatic carbocycles. The van der Waals surface area contributed by atoms with Crippen molar-refractivity contribution in [1.29, 1.82) is 0 Å². The van der Waals surface area contributed by atoms with E-state index in [1.54, 1.807) is 0 Å². The number of carbonyl (C=O) groups is 1. The molecule has 0 amide bonds. The van der Waals surface area contributed by atoms with E-state index < -0.39 is 5.97 Å². The molecule has 0 aliphatic rings. The van der Waals surface area contributed by atoms with Crippen LogP contribution in [0.2, 0.25) is 0 Å². The number of carboxylic acids is 1. The highest BCUT2D eigenvalue weighted by atomic mass is 16.5. The van der Waals surface area contributed by atoms with Gasteiger partial charge in [0.1, 0.15) is 6.61 Å². The first kappa shape index (κ1) is 15.8.